The summed E-state index contributed by atoms with van der Waals surface area (Å²) in [5.74, 6) is 1.36. The van der Waals surface area contributed by atoms with E-state index in [1.807, 2.05) is 29.2 Å². The van der Waals surface area contributed by atoms with Gasteiger partial charge in [-0.05, 0) is 43.2 Å². The number of rotatable bonds is 6. The number of aromatic amines is 1. The molecule has 4 aromatic rings. The van der Waals surface area contributed by atoms with E-state index >= 15 is 0 Å². The van der Waals surface area contributed by atoms with Gasteiger partial charge in [-0.1, -0.05) is 0 Å². The lowest BCUT2D eigenvalue weighted by atomic mass is 10.0. The first-order valence-corrected chi connectivity index (χ1v) is 11.1. The number of nitrogens with zero attached hydrogens (tertiary/aromatic N) is 4. The summed E-state index contributed by atoms with van der Waals surface area (Å²) in [6, 6.07) is 9.75. The van der Waals surface area contributed by atoms with E-state index in [1.54, 1.807) is 31.7 Å². The molecular formula is C25H25N5O3. The van der Waals surface area contributed by atoms with Crippen LogP contribution < -0.4 is 4.74 Å². The number of carbonyl (C=O) groups excluding carboxylic acids is 1. The second kappa shape index (κ2) is 8.99. The number of pyridine rings is 1. The Bertz CT molecular complexity index is 1270. The minimum absolute atomic E-state index is 0.0493. The predicted molar refractivity (Wildman–Crippen MR) is 124 cm³/mol. The number of aliphatic hydroxyl groups excluding tert-OH is 1. The van der Waals surface area contributed by atoms with E-state index < -0.39 is 0 Å². The first kappa shape index (κ1) is 21.1. The van der Waals surface area contributed by atoms with Crippen LogP contribution in [0.1, 0.15) is 37.1 Å². The Kier molecular flexibility index (Phi) is 5.75. The third-order valence-electron chi connectivity index (χ3n) is 6.00. The van der Waals surface area contributed by atoms with Crippen LogP contribution in [-0.4, -0.2) is 49.0 Å². The summed E-state index contributed by atoms with van der Waals surface area (Å²) in [6.07, 6.45) is 9.03. The highest BCUT2D eigenvalue weighted by Gasteiger charge is 2.31. The summed E-state index contributed by atoms with van der Waals surface area (Å²) in [6.45, 7) is 2.41. The number of fused-ring (bicyclic) bond motifs is 1. The molecule has 1 aromatic carbocycles. The quantitative estimate of drug-likeness (QED) is 0.466. The molecule has 0 saturated carbocycles. The number of nitrogens with one attached hydrogen (secondary N) is 1. The molecule has 3 aromatic heterocycles. The summed E-state index contributed by atoms with van der Waals surface area (Å²) in [4.78, 5) is 30.5. The third kappa shape index (κ3) is 4.29. The Labute approximate surface area is 191 Å². The fourth-order valence-electron chi connectivity index (χ4n) is 4.43. The Balaban J connectivity index is 1.57. The maximum absolute atomic E-state index is 12.3. The van der Waals surface area contributed by atoms with E-state index in [-0.39, 0.29) is 18.6 Å². The Hall–Kier alpha value is -3.78. The molecule has 1 saturated heterocycles. The number of carbonyl (C=O) groups is 1. The third-order valence-corrected chi connectivity index (χ3v) is 6.00. The van der Waals surface area contributed by atoms with Gasteiger partial charge < -0.3 is 19.7 Å². The van der Waals surface area contributed by atoms with E-state index in [4.69, 9.17) is 9.84 Å². The molecule has 1 aliphatic rings. The van der Waals surface area contributed by atoms with Crippen LogP contribution in [0.15, 0.2) is 55.1 Å². The van der Waals surface area contributed by atoms with Gasteiger partial charge in [0, 0.05) is 61.1 Å². The molecule has 4 heterocycles. The van der Waals surface area contributed by atoms with Gasteiger partial charge in [0.2, 0.25) is 5.91 Å². The van der Waals surface area contributed by atoms with Crippen molar-refractivity contribution in [3.8, 4) is 22.9 Å². The van der Waals surface area contributed by atoms with Gasteiger partial charge in [-0.2, -0.15) is 0 Å². The number of hydrogen-bond donors (Lipinski definition) is 2. The lowest BCUT2D eigenvalue weighted by Gasteiger charge is -2.25. The second-order valence-corrected chi connectivity index (χ2v) is 8.18. The normalized spacial score (nSPS) is 15.8. The average Bonchev–Trinajstić information content (AvgIpc) is 3.48. The molecule has 8 heteroatoms. The van der Waals surface area contributed by atoms with Crippen molar-refractivity contribution >= 4 is 16.8 Å². The molecule has 8 nitrogen and oxygen atoms in total. The van der Waals surface area contributed by atoms with E-state index in [2.05, 4.69) is 26.0 Å². The molecule has 1 unspecified atom stereocenters. The molecule has 0 spiro atoms. The van der Waals surface area contributed by atoms with Crippen LogP contribution in [0, 0.1) is 0 Å². The molecule has 5 rings (SSSR count). The van der Waals surface area contributed by atoms with Crippen molar-refractivity contribution in [2.75, 3.05) is 13.2 Å². The summed E-state index contributed by atoms with van der Waals surface area (Å²) >= 11 is 0. The van der Waals surface area contributed by atoms with Crippen molar-refractivity contribution in [2.45, 2.75) is 32.2 Å². The number of ether oxygens (including phenoxy) is 1. The second-order valence-electron chi connectivity index (χ2n) is 8.18. The van der Waals surface area contributed by atoms with Gasteiger partial charge in [-0.3, -0.25) is 19.7 Å². The number of aromatic nitrogens is 4. The van der Waals surface area contributed by atoms with Crippen molar-refractivity contribution in [3.63, 3.8) is 0 Å². The topological polar surface area (TPSA) is 104 Å². The number of H-pyrrole nitrogens is 1. The Morgan fingerprint density at radius 2 is 2.12 bits per heavy atom. The smallest absolute Gasteiger partial charge is 0.219 e. The summed E-state index contributed by atoms with van der Waals surface area (Å²) in [5, 5.41) is 10.1. The number of hydrogen-bond acceptors (Lipinski definition) is 6. The molecule has 1 aliphatic heterocycles. The van der Waals surface area contributed by atoms with Gasteiger partial charge in [-0.25, -0.2) is 0 Å². The molecule has 1 amide bonds. The summed E-state index contributed by atoms with van der Waals surface area (Å²) in [5.41, 5.74) is 4.34. The van der Waals surface area contributed by atoms with Gasteiger partial charge >= 0.3 is 0 Å². The zero-order valence-corrected chi connectivity index (χ0v) is 18.4. The standard InChI is InChI=1S/C25H25N5O3/c1-16(32)30-9-2-3-24(30)20-13-21-17(11-22(29-21)23-15-26-7-8-27-23)12-25(20)33-19-5-4-18(6-10-31)28-14-19/h4-5,7-8,11-15,24,29,31H,2-3,6,9-10H2,1H3. The monoisotopic (exact) mass is 443 g/mol. The summed E-state index contributed by atoms with van der Waals surface area (Å²) < 4.78 is 6.30. The van der Waals surface area contributed by atoms with Crippen LogP contribution in [0.5, 0.6) is 11.5 Å². The van der Waals surface area contributed by atoms with E-state index in [0.717, 1.165) is 52.9 Å². The minimum Gasteiger partial charge on any atom is -0.455 e. The van der Waals surface area contributed by atoms with E-state index in [0.29, 0.717) is 17.9 Å². The lowest BCUT2D eigenvalue weighted by molar-refractivity contribution is -0.129. The number of aliphatic hydroxyl groups is 1. The van der Waals surface area contributed by atoms with Crippen molar-refractivity contribution in [2.24, 2.45) is 0 Å². The van der Waals surface area contributed by atoms with Crippen molar-refractivity contribution in [1.82, 2.24) is 24.8 Å². The number of likely N-dealkylation sites (tertiary alicyclic amines) is 1. The Morgan fingerprint density at radius 1 is 1.21 bits per heavy atom. The van der Waals surface area contributed by atoms with Gasteiger partial charge in [0.1, 0.15) is 17.2 Å². The van der Waals surface area contributed by atoms with Crippen LogP contribution in [-0.2, 0) is 11.2 Å². The van der Waals surface area contributed by atoms with Crippen molar-refractivity contribution in [1.29, 1.82) is 0 Å². The zero-order valence-electron chi connectivity index (χ0n) is 18.4. The van der Waals surface area contributed by atoms with Crippen molar-refractivity contribution in [3.05, 3.63) is 66.4 Å². The van der Waals surface area contributed by atoms with Gasteiger partial charge in [-0.15, -0.1) is 0 Å². The molecule has 168 valence electrons. The van der Waals surface area contributed by atoms with Crippen LogP contribution in [0.25, 0.3) is 22.3 Å². The highest BCUT2D eigenvalue weighted by atomic mass is 16.5. The number of amides is 1. The van der Waals surface area contributed by atoms with Crippen LogP contribution in [0.3, 0.4) is 0 Å². The molecule has 2 N–H and O–H groups in total. The molecule has 1 fully saturated rings. The molecule has 0 radical (unpaired) electrons. The van der Waals surface area contributed by atoms with Crippen molar-refractivity contribution < 1.29 is 14.6 Å². The fraction of sp³-hybridized carbons (Fsp3) is 0.280. The van der Waals surface area contributed by atoms with Crippen LogP contribution >= 0.6 is 0 Å². The zero-order chi connectivity index (χ0) is 22.8. The highest BCUT2D eigenvalue weighted by molar-refractivity contribution is 5.88. The lowest BCUT2D eigenvalue weighted by Crippen LogP contribution is -2.28. The molecule has 0 bridgehead atoms. The maximum Gasteiger partial charge on any atom is 0.219 e. The van der Waals surface area contributed by atoms with Gasteiger partial charge in [0.15, 0.2) is 0 Å². The molecule has 33 heavy (non-hydrogen) atoms. The SMILES string of the molecule is CC(=O)N1CCCC1c1cc2[nH]c(-c3cnccn3)cc2cc1Oc1ccc(CCO)nc1. The Morgan fingerprint density at radius 3 is 2.85 bits per heavy atom. The fourth-order valence-corrected chi connectivity index (χ4v) is 4.43. The van der Waals surface area contributed by atoms with Gasteiger partial charge in [0.05, 0.1) is 24.1 Å². The van der Waals surface area contributed by atoms with Crippen LogP contribution in [0.4, 0.5) is 0 Å². The minimum atomic E-state index is -0.0493. The van der Waals surface area contributed by atoms with E-state index in [1.165, 1.54) is 0 Å². The number of benzene rings is 1. The van der Waals surface area contributed by atoms with Crippen LogP contribution in [0.2, 0.25) is 0 Å². The van der Waals surface area contributed by atoms with E-state index in [9.17, 15) is 4.79 Å². The molecular weight excluding hydrogens is 418 g/mol. The maximum atomic E-state index is 12.3. The summed E-state index contributed by atoms with van der Waals surface area (Å²) in [7, 11) is 0. The first-order chi connectivity index (χ1) is 16.1. The predicted octanol–water partition coefficient (Wildman–Crippen LogP) is 4.03. The molecule has 0 aliphatic carbocycles. The highest BCUT2D eigenvalue weighted by Crippen LogP contribution is 2.41. The first-order valence-electron chi connectivity index (χ1n) is 11.1. The van der Waals surface area contributed by atoms with Gasteiger partial charge in [0.25, 0.3) is 0 Å². The largest absolute Gasteiger partial charge is 0.455 e. The average molecular weight is 444 g/mol. The molecule has 1 atom stereocenters.